The number of benzene rings is 2. The summed E-state index contributed by atoms with van der Waals surface area (Å²) in [6.07, 6.45) is 0. The van der Waals surface area contributed by atoms with E-state index in [0.29, 0.717) is 16.6 Å². The molecular formula is C24H24NO4P. The molecule has 30 heavy (non-hydrogen) atoms. The molecule has 0 amide bonds. The summed E-state index contributed by atoms with van der Waals surface area (Å²) < 4.78 is 24.8. The molecular weight excluding hydrogens is 397 g/mol. The number of nitrogens with zero attached hydrogens (tertiary/aromatic N) is 1. The van der Waals surface area contributed by atoms with Crippen LogP contribution in [-0.4, -0.2) is 23.8 Å². The van der Waals surface area contributed by atoms with E-state index in [0.717, 1.165) is 16.9 Å². The van der Waals surface area contributed by atoms with Gasteiger partial charge in [0.05, 0.1) is 26.0 Å². The summed E-state index contributed by atoms with van der Waals surface area (Å²) in [6, 6.07) is 18.1. The first-order chi connectivity index (χ1) is 14.5. The van der Waals surface area contributed by atoms with Crippen molar-refractivity contribution in [2.45, 2.75) is 20.5 Å². The van der Waals surface area contributed by atoms with Gasteiger partial charge in [-0.2, -0.15) is 0 Å². The summed E-state index contributed by atoms with van der Waals surface area (Å²) >= 11 is 0. The third-order valence-electron chi connectivity index (χ3n) is 4.45. The van der Waals surface area contributed by atoms with Gasteiger partial charge in [0.15, 0.2) is 0 Å². The minimum Gasteiger partial charge on any atom is -0.497 e. The normalized spacial score (nSPS) is 12.5. The molecule has 0 aliphatic rings. The van der Waals surface area contributed by atoms with Gasteiger partial charge in [0.2, 0.25) is 0 Å². The highest BCUT2D eigenvalue weighted by atomic mass is 31.2. The van der Waals surface area contributed by atoms with Crippen LogP contribution in [0.15, 0.2) is 60.7 Å². The van der Waals surface area contributed by atoms with Crippen LogP contribution in [0.25, 0.3) is 0 Å². The Bertz CT molecular complexity index is 1110. The van der Waals surface area contributed by atoms with Gasteiger partial charge in [-0.3, -0.25) is 4.57 Å². The average Bonchev–Trinajstić information content (AvgIpc) is 2.78. The third kappa shape index (κ3) is 4.98. The number of rotatable bonds is 6. The number of aliphatic hydroxyl groups is 1. The molecule has 1 heterocycles. The molecule has 1 unspecified atom stereocenters. The number of aromatic nitrogens is 1. The van der Waals surface area contributed by atoms with Gasteiger partial charge in [-0.25, -0.2) is 4.98 Å². The smallest absolute Gasteiger partial charge is 0.279 e. The highest BCUT2D eigenvalue weighted by Gasteiger charge is 2.30. The zero-order valence-electron chi connectivity index (χ0n) is 17.3. The molecule has 6 heteroatoms. The van der Waals surface area contributed by atoms with Crippen molar-refractivity contribution >= 4 is 18.1 Å². The average molecular weight is 421 g/mol. The number of hydrogen-bond donors (Lipinski definition) is 1. The minimum absolute atomic E-state index is 0.267. The Morgan fingerprint density at radius 2 is 1.67 bits per heavy atom. The van der Waals surface area contributed by atoms with Crippen LogP contribution in [0.5, 0.6) is 5.75 Å². The van der Waals surface area contributed by atoms with Crippen molar-refractivity contribution in [2.24, 2.45) is 0 Å². The van der Waals surface area contributed by atoms with Crippen LogP contribution < -0.4 is 15.5 Å². The van der Waals surface area contributed by atoms with Crippen molar-refractivity contribution in [1.29, 1.82) is 0 Å². The fraction of sp³-hybridized carbons (Fsp3) is 0.208. The van der Waals surface area contributed by atoms with Gasteiger partial charge in [0, 0.05) is 16.4 Å². The summed E-state index contributed by atoms with van der Waals surface area (Å²) in [6.45, 7) is 3.74. The molecule has 1 N–H and O–H groups in total. The maximum atomic E-state index is 13.9. The van der Waals surface area contributed by atoms with Crippen molar-refractivity contribution in [2.75, 3.05) is 13.7 Å². The Morgan fingerprint density at radius 3 is 2.27 bits per heavy atom. The summed E-state index contributed by atoms with van der Waals surface area (Å²) in [5.74, 6) is 6.90. The lowest BCUT2D eigenvalue weighted by atomic mass is 10.2. The van der Waals surface area contributed by atoms with Gasteiger partial charge in [-0.05, 0) is 62.4 Å². The molecule has 0 aliphatic heterocycles. The van der Waals surface area contributed by atoms with Gasteiger partial charge < -0.3 is 14.4 Å². The Labute approximate surface area is 177 Å². The predicted octanol–water partition coefficient (Wildman–Crippen LogP) is 3.56. The van der Waals surface area contributed by atoms with Crippen molar-refractivity contribution in [3.63, 3.8) is 0 Å². The molecule has 1 atom stereocenters. The third-order valence-corrected chi connectivity index (χ3v) is 6.89. The molecule has 154 valence electrons. The molecule has 3 aromatic rings. The van der Waals surface area contributed by atoms with E-state index in [1.54, 1.807) is 38.3 Å². The van der Waals surface area contributed by atoms with E-state index >= 15 is 0 Å². The molecule has 0 saturated heterocycles. The molecule has 0 saturated carbocycles. The molecule has 0 bridgehead atoms. The van der Waals surface area contributed by atoms with Gasteiger partial charge >= 0.3 is 0 Å². The van der Waals surface area contributed by atoms with Crippen molar-refractivity contribution in [3.05, 3.63) is 83.0 Å². The van der Waals surface area contributed by atoms with Crippen molar-refractivity contribution in [1.82, 2.24) is 4.98 Å². The number of pyridine rings is 1. The first kappa shape index (κ1) is 21.8. The first-order valence-electron chi connectivity index (χ1n) is 9.58. The SMILES string of the molecule is CCOP(=O)(c1ccc(C)cc1)c1cc(C#Cc2ccc(OC)cc2)cc(CO)n1. The number of ether oxygens (including phenoxy) is 1. The van der Waals surface area contributed by atoms with E-state index in [-0.39, 0.29) is 18.6 Å². The van der Waals surface area contributed by atoms with E-state index < -0.39 is 7.37 Å². The fourth-order valence-electron chi connectivity index (χ4n) is 2.89. The highest BCUT2D eigenvalue weighted by molar-refractivity contribution is 7.74. The van der Waals surface area contributed by atoms with Crippen LogP contribution in [0.4, 0.5) is 0 Å². The van der Waals surface area contributed by atoms with Gasteiger partial charge in [0.1, 0.15) is 11.2 Å². The van der Waals surface area contributed by atoms with E-state index in [2.05, 4.69) is 16.8 Å². The van der Waals surface area contributed by atoms with Crippen LogP contribution in [0.1, 0.15) is 29.3 Å². The lowest BCUT2D eigenvalue weighted by molar-refractivity contribution is 0.277. The monoisotopic (exact) mass is 421 g/mol. The largest absolute Gasteiger partial charge is 0.497 e. The van der Waals surface area contributed by atoms with Crippen LogP contribution in [-0.2, 0) is 15.7 Å². The Morgan fingerprint density at radius 1 is 1.00 bits per heavy atom. The summed E-state index contributed by atoms with van der Waals surface area (Å²) in [7, 11) is -1.81. The standard InChI is InChI=1S/C24H24NO4P/c1-4-29-30(27,23-13-5-18(2)6-14-23)24-16-20(15-21(17-26)25-24)8-7-19-9-11-22(28-3)12-10-19/h5-6,9-16,26H,4,17H2,1-3H3. The van der Waals surface area contributed by atoms with E-state index in [9.17, 15) is 9.67 Å². The molecule has 2 aromatic carbocycles. The van der Waals surface area contributed by atoms with Gasteiger partial charge in [-0.1, -0.05) is 29.5 Å². The van der Waals surface area contributed by atoms with Crippen LogP contribution in [0, 0.1) is 18.8 Å². The molecule has 1 aromatic heterocycles. The predicted molar refractivity (Wildman–Crippen MR) is 119 cm³/mol. The number of aryl methyl sites for hydroxylation is 1. The fourth-order valence-corrected chi connectivity index (χ4v) is 4.91. The maximum Gasteiger partial charge on any atom is 0.279 e. The zero-order valence-corrected chi connectivity index (χ0v) is 18.1. The second kappa shape index (κ2) is 9.73. The molecule has 5 nitrogen and oxygen atoms in total. The molecule has 0 radical (unpaired) electrons. The Kier molecular flexibility index (Phi) is 7.07. The topological polar surface area (TPSA) is 68.7 Å². The molecule has 0 fully saturated rings. The first-order valence-corrected chi connectivity index (χ1v) is 11.2. The number of methoxy groups -OCH3 is 1. The summed E-state index contributed by atoms with van der Waals surface area (Å²) in [5, 5.41) is 10.2. The lowest BCUT2D eigenvalue weighted by Gasteiger charge is -2.18. The zero-order chi connectivity index (χ0) is 21.6. The summed E-state index contributed by atoms with van der Waals surface area (Å²) in [5.41, 5.74) is 3.14. The van der Waals surface area contributed by atoms with Crippen molar-refractivity contribution < 1.29 is 18.9 Å². The van der Waals surface area contributed by atoms with Crippen LogP contribution in [0.3, 0.4) is 0 Å². The second-order valence-electron chi connectivity index (χ2n) is 6.65. The number of aliphatic hydroxyl groups excluding tert-OH is 1. The highest BCUT2D eigenvalue weighted by Crippen LogP contribution is 2.44. The Balaban J connectivity index is 2.05. The maximum absolute atomic E-state index is 13.9. The van der Waals surface area contributed by atoms with E-state index in [4.69, 9.17) is 9.26 Å². The second-order valence-corrected chi connectivity index (χ2v) is 8.98. The Hall–Kier alpha value is -2.90. The quantitative estimate of drug-likeness (QED) is 0.487. The summed E-state index contributed by atoms with van der Waals surface area (Å²) in [4.78, 5) is 4.40. The minimum atomic E-state index is -3.42. The van der Waals surface area contributed by atoms with Gasteiger partial charge in [0.25, 0.3) is 7.37 Å². The molecule has 0 aliphatic carbocycles. The number of hydrogen-bond acceptors (Lipinski definition) is 5. The van der Waals surface area contributed by atoms with Crippen LogP contribution >= 0.6 is 7.37 Å². The van der Waals surface area contributed by atoms with Crippen LogP contribution in [0.2, 0.25) is 0 Å². The van der Waals surface area contributed by atoms with Crippen molar-refractivity contribution in [3.8, 4) is 17.6 Å². The lowest BCUT2D eigenvalue weighted by Crippen LogP contribution is -2.22. The molecule has 3 rings (SSSR count). The molecule has 0 spiro atoms. The van der Waals surface area contributed by atoms with E-state index in [1.165, 1.54) is 0 Å². The van der Waals surface area contributed by atoms with Gasteiger partial charge in [-0.15, -0.1) is 0 Å². The van der Waals surface area contributed by atoms with E-state index in [1.807, 2.05) is 43.3 Å².